The zero-order valence-electron chi connectivity index (χ0n) is 13.1. The van der Waals surface area contributed by atoms with Gasteiger partial charge in [-0.3, -0.25) is 0 Å². The Morgan fingerprint density at radius 2 is 1.90 bits per heavy atom. The van der Waals surface area contributed by atoms with Crippen molar-refractivity contribution in [3.05, 3.63) is 42.0 Å². The van der Waals surface area contributed by atoms with Crippen LogP contribution in [0.2, 0.25) is 0 Å². The van der Waals surface area contributed by atoms with E-state index in [4.69, 9.17) is 9.84 Å². The highest BCUT2D eigenvalue weighted by Gasteiger charge is 2.17. The number of rotatable bonds is 7. The summed E-state index contributed by atoms with van der Waals surface area (Å²) in [5, 5.41) is 15.0. The lowest BCUT2D eigenvalue weighted by Gasteiger charge is -2.24. The van der Waals surface area contributed by atoms with E-state index in [0.29, 0.717) is 0 Å². The van der Waals surface area contributed by atoms with Gasteiger partial charge in [-0.05, 0) is 28.7 Å². The molecule has 0 aromatic heterocycles. The average Bonchev–Trinajstić information content (AvgIpc) is 2.47. The van der Waals surface area contributed by atoms with E-state index >= 15 is 0 Å². The third-order valence-corrected chi connectivity index (χ3v) is 3.91. The van der Waals surface area contributed by atoms with Gasteiger partial charge in [0, 0.05) is 25.3 Å². The Balaban J connectivity index is 2.17. The standard InChI is InChI=1S/C18H25NO2/c1-18(2,10-11-20)13-19-12-16-15-7-5-4-6-14(15)8-9-17(16)21-3/h4-9,19-20H,10-13H2,1-3H3. The van der Waals surface area contributed by atoms with Crippen LogP contribution in [0, 0.1) is 5.41 Å². The molecule has 0 atom stereocenters. The molecule has 2 aromatic carbocycles. The van der Waals surface area contributed by atoms with Crippen LogP contribution in [0.5, 0.6) is 5.75 Å². The maximum Gasteiger partial charge on any atom is 0.123 e. The topological polar surface area (TPSA) is 41.5 Å². The minimum Gasteiger partial charge on any atom is -0.496 e. The van der Waals surface area contributed by atoms with E-state index in [0.717, 1.165) is 25.3 Å². The van der Waals surface area contributed by atoms with E-state index in [-0.39, 0.29) is 12.0 Å². The second-order valence-corrected chi connectivity index (χ2v) is 6.21. The third-order valence-electron chi connectivity index (χ3n) is 3.91. The van der Waals surface area contributed by atoms with Gasteiger partial charge in [-0.2, -0.15) is 0 Å². The van der Waals surface area contributed by atoms with Crippen molar-refractivity contribution < 1.29 is 9.84 Å². The van der Waals surface area contributed by atoms with Gasteiger partial charge in [-0.25, -0.2) is 0 Å². The van der Waals surface area contributed by atoms with Gasteiger partial charge in [0.2, 0.25) is 0 Å². The molecule has 0 fully saturated rings. The minimum absolute atomic E-state index is 0.0899. The number of nitrogens with one attached hydrogen (secondary N) is 1. The summed E-state index contributed by atoms with van der Waals surface area (Å²) in [5.74, 6) is 0.918. The highest BCUT2D eigenvalue weighted by atomic mass is 16.5. The van der Waals surface area contributed by atoms with Crippen LogP contribution in [0.1, 0.15) is 25.8 Å². The van der Waals surface area contributed by atoms with Gasteiger partial charge in [0.05, 0.1) is 7.11 Å². The quantitative estimate of drug-likeness (QED) is 0.820. The molecule has 114 valence electrons. The van der Waals surface area contributed by atoms with Crippen molar-refractivity contribution in [1.82, 2.24) is 5.32 Å². The monoisotopic (exact) mass is 287 g/mol. The van der Waals surface area contributed by atoms with Crippen molar-refractivity contribution in [2.45, 2.75) is 26.8 Å². The first-order valence-electron chi connectivity index (χ1n) is 7.43. The van der Waals surface area contributed by atoms with Crippen LogP contribution in [0.3, 0.4) is 0 Å². The Hall–Kier alpha value is -1.58. The fourth-order valence-electron chi connectivity index (χ4n) is 2.61. The lowest BCUT2D eigenvalue weighted by atomic mass is 9.89. The molecule has 2 rings (SSSR count). The number of hydrogen-bond donors (Lipinski definition) is 2. The zero-order valence-corrected chi connectivity index (χ0v) is 13.1. The van der Waals surface area contributed by atoms with Crippen molar-refractivity contribution >= 4 is 10.8 Å². The number of aliphatic hydroxyl groups excluding tert-OH is 1. The fourth-order valence-corrected chi connectivity index (χ4v) is 2.61. The van der Waals surface area contributed by atoms with E-state index in [1.807, 2.05) is 6.07 Å². The molecule has 0 aliphatic heterocycles. The number of ether oxygens (including phenoxy) is 1. The number of aliphatic hydroxyl groups is 1. The molecule has 0 heterocycles. The molecule has 0 saturated heterocycles. The number of fused-ring (bicyclic) bond motifs is 1. The molecule has 21 heavy (non-hydrogen) atoms. The van der Waals surface area contributed by atoms with Crippen LogP contribution in [-0.2, 0) is 6.54 Å². The first kappa shape index (κ1) is 15.8. The second kappa shape index (κ2) is 6.92. The molecule has 0 aliphatic carbocycles. The Kier molecular flexibility index (Phi) is 5.21. The molecule has 0 radical (unpaired) electrons. The first-order chi connectivity index (χ1) is 10.1. The Labute approximate surface area is 126 Å². The van der Waals surface area contributed by atoms with E-state index < -0.39 is 0 Å². The van der Waals surface area contributed by atoms with E-state index in [1.54, 1.807) is 7.11 Å². The normalized spacial score (nSPS) is 11.8. The van der Waals surface area contributed by atoms with Crippen LogP contribution >= 0.6 is 0 Å². The highest BCUT2D eigenvalue weighted by Crippen LogP contribution is 2.28. The Morgan fingerprint density at radius 3 is 2.62 bits per heavy atom. The Bertz CT molecular complexity index is 593. The molecule has 0 saturated carbocycles. The summed E-state index contributed by atoms with van der Waals surface area (Å²) in [6.45, 7) is 6.18. The summed E-state index contributed by atoms with van der Waals surface area (Å²) < 4.78 is 5.50. The van der Waals surface area contributed by atoms with Crippen molar-refractivity contribution in [1.29, 1.82) is 0 Å². The number of hydrogen-bond acceptors (Lipinski definition) is 3. The lowest BCUT2D eigenvalue weighted by Crippen LogP contribution is -2.30. The molecular weight excluding hydrogens is 262 g/mol. The van der Waals surface area contributed by atoms with Gasteiger partial charge in [0.1, 0.15) is 5.75 Å². The van der Waals surface area contributed by atoms with Gasteiger partial charge in [0.15, 0.2) is 0 Å². The molecule has 3 heteroatoms. The summed E-state index contributed by atoms with van der Waals surface area (Å²) in [4.78, 5) is 0. The van der Waals surface area contributed by atoms with Gasteiger partial charge in [0.25, 0.3) is 0 Å². The second-order valence-electron chi connectivity index (χ2n) is 6.21. The predicted octanol–water partition coefficient (Wildman–Crippen LogP) is 3.35. The van der Waals surface area contributed by atoms with Crippen LogP contribution in [0.4, 0.5) is 0 Å². The molecule has 2 aromatic rings. The lowest BCUT2D eigenvalue weighted by molar-refractivity contribution is 0.207. The zero-order chi connectivity index (χ0) is 15.3. The highest BCUT2D eigenvalue weighted by molar-refractivity contribution is 5.87. The van der Waals surface area contributed by atoms with Crippen LogP contribution < -0.4 is 10.1 Å². The van der Waals surface area contributed by atoms with E-state index in [1.165, 1.54) is 16.3 Å². The largest absolute Gasteiger partial charge is 0.496 e. The fraction of sp³-hybridized carbons (Fsp3) is 0.444. The SMILES string of the molecule is COc1ccc2ccccc2c1CNCC(C)(C)CCO. The molecule has 3 nitrogen and oxygen atoms in total. The molecular formula is C18H25NO2. The maximum absolute atomic E-state index is 9.09. The van der Waals surface area contributed by atoms with E-state index in [9.17, 15) is 0 Å². The summed E-state index contributed by atoms with van der Waals surface area (Å²) >= 11 is 0. The summed E-state index contributed by atoms with van der Waals surface area (Å²) in [6.07, 6.45) is 0.798. The molecule has 0 spiro atoms. The van der Waals surface area contributed by atoms with Crippen LogP contribution in [0.25, 0.3) is 10.8 Å². The summed E-state index contributed by atoms with van der Waals surface area (Å²) in [5.41, 5.74) is 1.28. The molecule has 0 bridgehead atoms. The smallest absolute Gasteiger partial charge is 0.123 e. The minimum atomic E-state index is 0.0899. The number of methoxy groups -OCH3 is 1. The average molecular weight is 287 g/mol. The van der Waals surface area contributed by atoms with Crippen molar-refractivity contribution in [2.75, 3.05) is 20.3 Å². The molecule has 0 unspecified atom stereocenters. The van der Waals surface area contributed by atoms with Gasteiger partial charge in [-0.1, -0.05) is 44.2 Å². The van der Waals surface area contributed by atoms with Crippen molar-refractivity contribution in [2.24, 2.45) is 5.41 Å². The van der Waals surface area contributed by atoms with Gasteiger partial charge in [-0.15, -0.1) is 0 Å². The number of benzene rings is 2. The summed E-state index contributed by atoms with van der Waals surface area (Å²) in [7, 11) is 1.71. The molecule has 0 amide bonds. The first-order valence-corrected chi connectivity index (χ1v) is 7.43. The van der Waals surface area contributed by atoms with Crippen molar-refractivity contribution in [3.8, 4) is 5.75 Å². The predicted molar refractivity (Wildman–Crippen MR) is 87.7 cm³/mol. The van der Waals surface area contributed by atoms with Crippen LogP contribution in [0.15, 0.2) is 36.4 Å². The Morgan fingerprint density at radius 1 is 1.14 bits per heavy atom. The van der Waals surface area contributed by atoms with Crippen molar-refractivity contribution in [3.63, 3.8) is 0 Å². The molecule has 2 N–H and O–H groups in total. The van der Waals surface area contributed by atoms with Gasteiger partial charge < -0.3 is 15.2 Å². The molecule has 0 aliphatic rings. The third kappa shape index (κ3) is 3.96. The van der Waals surface area contributed by atoms with Crippen LogP contribution in [-0.4, -0.2) is 25.4 Å². The maximum atomic E-state index is 9.09. The van der Waals surface area contributed by atoms with Gasteiger partial charge >= 0.3 is 0 Å². The van der Waals surface area contributed by atoms with E-state index in [2.05, 4.69) is 49.5 Å². The summed E-state index contributed by atoms with van der Waals surface area (Å²) in [6, 6.07) is 12.5.